The van der Waals surface area contributed by atoms with Crippen molar-refractivity contribution < 1.29 is 14.6 Å². The summed E-state index contributed by atoms with van der Waals surface area (Å²) in [6.45, 7) is 8.81. The van der Waals surface area contributed by atoms with Crippen molar-refractivity contribution in [1.82, 2.24) is 4.98 Å². The van der Waals surface area contributed by atoms with Gasteiger partial charge in [-0.1, -0.05) is 39.0 Å². The van der Waals surface area contributed by atoms with Gasteiger partial charge in [0.25, 0.3) is 0 Å². The number of ether oxygens (including phenoxy) is 1. The van der Waals surface area contributed by atoms with Crippen molar-refractivity contribution in [3.05, 3.63) is 45.4 Å². The minimum Gasteiger partial charge on any atom is -0.550 e. The smallest absolute Gasteiger partial charge is 0.140 e. The number of benzene rings is 1. The number of carboxylic acid groups (broad SMARTS) is 1. The molecule has 0 saturated carbocycles. The molecule has 2 aromatic rings. The largest absolute Gasteiger partial charge is 0.550 e. The molecule has 0 radical (unpaired) electrons. The van der Waals surface area contributed by atoms with Gasteiger partial charge in [-0.3, -0.25) is 0 Å². The van der Waals surface area contributed by atoms with Crippen molar-refractivity contribution in [2.24, 2.45) is 0 Å². The number of hydrogen-bond donors (Lipinski definition) is 0. The number of para-hydroxylation sites is 1. The van der Waals surface area contributed by atoms with Gasteiger partial charge in [-0.15, -0.1) is 11.3 Å². The average Bonchev–Trinajstić information content (AvgIpc) is 2.82. The summed E-state index contributed by atoms with van der Waals surface area (Å²) in [5, 5.41) is 13.1. The lowest BCUT2D eigenvalue weighted by Gasteiger charge is -2.24. The van der Waals surface area contributed by atoms with Crippen LogP contribution in [0.15, 0.2) is 23.6 Å². The van der Waals surface area contributed by atoms with Crippen LogP contribution in [0, 0.1) is 6.92 Å². The van der Waals surface area contributed by atoms with Gasteiger partial charge in [0.05, 0.1) is 5.69 Å². The van der Waals surface area contributed by atoms with Crippen molar-refractivity contribution in [3.63, 3.8) is 0 Å². The highest BCUT2D eigenvalue weighted by Gasteiger charge is 2.20. The van der Waals surface area contributed by atoms with Gasteiger partial charge in [0, 0.05) is 17.8 Å². The van der Waals surface area contributed by atoms with Crippen molar-refractivity contribution in [1.29, 1.82) is 0 Å². The van der Waals surface area contributed by atoms with Crippen LogP contribution < -0.4 is 9.84 Å². The Morgan fingerprint density at radius 1 is 1.36 bits per heavy atom. The van der Waals surface area contributed by atoms with Gasteiger partial charge in [0.15, 0.2) is 0 Å². The monoisotopic (exact) mass is 318 g/mol. The summed E-state index contributed by atoms with van der Waals surface area (Å²) in [4.78, 5) is 14.8. The van der Waals surface area contributed by atoms with E-state index in [2.05, 4.69) is 31.8 Å². The van der Waals surface area contributed by atoms with Gasteiger partial charge in [0.2, 0.25) is 0 Å². The predicted octanol–water partition coefficient (Wildman–Crippen LogP) is 2.62. The van der Waals surface area contributed by atoms with Crippen molar-refractivity contribution in [3.8, 4) is 5.75 Å². The summed E-state index contributed by atoms with van der Waals surface area (Å²) in [6.07, 6.45) is -0.159. The average molecular weight is 318 g/mol. The van der Waals surface area contributed by atoms with Gasteiger partial charge in [-0.25, -0.2) is 4.98 Å². The number of carboxylic acids is 1. The van der Waals surface area contributed by atoms with Gasteiger partial charge in [0.1, 0.15) is 17.4 Å². The number of hydrogen-bond acceptors (Lipinski definition) is 5. The van der Waals surface area contributed by atoms with Crippen molar-refractivity contribution in [2.75, 3.05) is 0 Å². The molecule has 1 heterocycles. The van der Waals surface area contributed by atoms with E-state index in [0.717, 1.165) is 21.9 Å². The van der Waals surface area contributed by atoms with E-state index < -0.39 is 5.97 Å². The fourth-order valence-corrected chi connectivity index (χ4v) is 2.92. The molecule has 0 saturated heterocycles. The molecule has 5 heteroatoms. The Hall–Kier alpha value is -1.88. The summed E-state index contributed by atoms with van der Waals surface area (Å²) in [5.74, 6) is -0.238. The highest BCUT2D eigenvalue weighted by atomic mass is 32.1. The standard InChI is InChI=1S/C17H21NO3S/c1-11-6-5-7-13(17(2,3)4)16(11)21-9-14-18-12(10-22-14)8-15(19)20/h5-7,10H,8-9H2,1-4H3,(H,19,20)/p-1. The molecule has 0 aliphatic heterocycles. The van der Waals surface area contributed by atoms with E-state index >= 15 is 0 Å². The van der Waals surface area contributed by atoms with E-state index in [1.165, 1.54) is 11.3 Å². The number of aliphatic carboxylic acids is 1. The van der Waals surface area contributed by atoms with Gasteiger partial charge < -0.3 is 14.6 Å². The molecule has 1 aromatic carbocycles. The minimum atomic E-state index is -1.12. The van der Waals surface area contributed by atoms with Gasteiger partial charge in [-0.05, 0) is 23.5 Å². The summed E-state index contributed by atoms with van der Waals surface area (Å²) in [5.41, 5.74) is 2.74. The molecule has 0 unspecified atom stereocenters. The maximum Gasteiger partial charge on any atom is 0.140 e. The Morgan fingerprint density at radius 2 is 2.09 bits per heavy atom. The molecule has 22 heavy (non-hydrogen) atoms. The summed E-state index contributed by atoms with van der Waals surface area (Å²) >= 11 is 1.40. The molecule has 0 spiro atoms. The van der Waals surface area contributed by atoms with Crippen LogP contribution in [0.4, 0.5) is 0 Å². The van der Waals surface area contributed by atoms with Crippen molar-refractivity contribution in [2.45, 2.75) is 46.1 Å². The first-order chi connectivity index (χ1) is 10.3. The maximum atomic E-state index is 10.6. The highest BCUT2D eigenvalue weighted by Crippen LogP contribution is 2.34. The van der Waals surface area contributed by atoms with Crippen LogP contribution in [-0.4, -0.2) is 11.0 Å². The Balaban J connectivity index is 2.15. The summed E-state index contributed by atoms with van der Waals surface area (Å²) < 4.78 is 5.98. The number of rotatable bonds is 5. The molecule has 0 amide bonds. The Kier molecular flexibility index (Phi) is 4.86. The molecule has 118 valence electrons. The molecule has 0 fully saturated rings. The third-order valence-corrected chi connectivity index (χ3v) is 4.16. The first-order valence-corrected chi connectivity index (χ1v) is 8.01. The van der Waals surface area contributed by atoms with Crippen LogP contribution in [0.2, 0.25) is 0 Å². The zero-order chi connectivity index (χ0) is 16.3. The lowest BCUT2D eigenvalue weighted by Crippen LogP contribution is -2.24. The third kappa shape index (κ3) is 4.07. The first-order valence-electron chi connectivity index (χ1n) is 7.13. The third-order valence-electron chi connectivity index (χ3n) is 3.28. The van der Waals surface area contributed by atoms with Crippen LogP contribution in [0.5, 0.6) is 5.75 Å². The Labute approximate surface area is 134 Å². The molecule has 0 aliphatic carbocycles. The van der Waals surface area contributed by atoms with E-state index in [0.29, 0.717) is 12.3 Å². The number of carbonyl (C=O) groups excluding carboxylic acids is 1. The molecule has 0 bridgehead atoms. The molecule has 2 rings (SSSR count). The molecular weight excluding hydrogens is 298 g/mol. The molecule has 1 aromatic heterocycles. The van der Waals surface area contributed by atoms with Crippen LogP contribution in [-0.2, 0) is 23.2 Å². The lowest BCUT2D eigenvalue weighted by atomic mass is 9.85. The molecule has 0 N–H and O–H groups in total. The second-order valence-corrected chi connectivity index (χ2v) is 7.21. The molecule has 4 nitrogen and oxygen atoms in total. The molecule has 0 aliphatic rings. The van der Waals surface area contributed by atoms with Crippen LogP contribution in [0.1, 0.15) is 42.6 Å². The summed E-state index contributed by atoms with van der Waals surface area (Å²) in [6, 6.07) is 6.13. The van der Waals surface area contributed by atoms with E-state index in [1.54, 1.807) is 5.38 Å². The SMILES string of the molecule is Cc1cccc(C(C)(C)C)c1OCc1nc(CC(=O)[O-])cs1. The fraction of sp³-hybridized carbons (Fsp3) is 0.412. The van der Waals surface area contributed by atoms with Gasteiger partial charge >= 0.3 is 0 Å². The lowest BCUT2D eigenvalue weighted by molar-refractivity contribution is -0.304. The molecular formula is C17H20NO3S-. The van der Waals surface area contributed by atoms with Crippen molar-refractivity contribution >= 4 is 17.3 Å². The second kappa shape index (κ2) is 6.48. The van der Waals surface area contributed by atoms with Crippen LogP contribution in [0.3, 0.4) is 0 Å². The normalized spacial score (nSPS) is 11.5. The zero-order valence-electron chi connectivity index (χ0n) is 13.3. The topological polar surface area (TPSA) is 62.2 Å². The summed E-state index contributed by atoms with van der Waals surface area (Å²) in [7, 11) is 0. The van der Waals surface area contributed by atoms with Crippen LogP contribution in [0.25, 0.3) is 0 Å². The number of carbonyl (C=O) groups is 1. The van der Waals surface area contributed by atoms with E-state index in [4.69, 9.17) is 4.74 Å². The zero-order valence-corrected chi connectivity index (χ0v) is 14.1. The quantitative estimate of drug-likeness (QED) is 0.850. The maximum absolute atomic E-state index is 10.6. The van der Waals surface area contributed by atoms with Crippen LogP contribution >= 0.6 is 11.3 Å². The Morgan fingerprint density at radius 3 is 2.73 bits per heavy atom. The fourth-order valence-electron chi connectivity index (χ4n) is 2.21. The first kappa shape index (κ1) is 16.5. The minimum absolute atomic E-state index is 0.00955. The second-order valence-electron chi connectivity index (χ2n) is 6.27. The predicted molar refractivity (Wildman–Crippen MR) is 85.0 cm³/mol. The van der Waals surface area contributed by atoms with E-state index in [-0.39, 0.29) is 11.8 Å². The number of nitrogens with zero attached hydrogens (tertiary/aromatic N) is 1. The Bertz CT molecular complexity index is 671. The van der Waals surface area contributed by atoms with E-state index in [1.807, 2.05) is 19.1 Å². The molecule has 0 atom stereocenters. The van der Waals surface area contributed by atoms with Gasteiger partial charge in [-0.2, -0.15) is 0 Å². The number of aryl methyl sites for hydroxylation is 1. The number of aromatic nitrogens is 1. The van der Waals surface area contributed by atoms with E-state index in [9.17, 15) is 9.90 Å². The highest BCUT2D eigenvalue weighted by molar-refractivity contribution is 7.09. The number of thiazole rings is 1.